The van der Waals surface area contributed by atoms with Crippen molar-refractivity contribution in [2.24, 2.45) is 5.92 Å². The van der Waals surface area contributed by atoms with Gasteiger partial charge in [0.15, 0.2) is 0 Å². The Balaban J connectivity index is 1.57. The van der Waals surface area contributed by atoms with Crippen LogP contribution >= 0.6 is 11.6 Å². The molecule has 2 heterocycles. The van der Waals surface area contributed by atoms with Crippen molar-refractivity contribution in [3.63, 3.8) is 0 Å². The first-order valence-corrected chi connectivity index (χ1v) is 8.21. The highest BCUT2D eigenvalue weighted by atomic mass is 35.5. The molecule has 1 atom stereocenters. The number of hydrogen-bond acceptors (Lipinski definition) is 2. The van der Waals surface area contributed by atoms with Crippen molar-refractivity contribution >= 4 is 11.6 Å². The van der Waals surface area contributed by atoms with Gasteiger partial charge >= 0.3 is 0 Å². The Kier molecular flexibility index (Phi) is 4.44. The van der Waals surface area contributed by atoms with Gasteiger partial charge in [0.2, 0.25) is 0 Å². The van der Waals surface area contributed by atoms with Gasteiger partial charge in [0.25, 0.3) is 0 Å². The van der Waals surface area contributed by atoms with E-state index in [1.807, 2.05) is 0 Å². The fourth-order valence-electron chi connectivity index (χ4n) is 3.48. The lowest BCUT2D eigenvalue weighted by Gasteiger charge is -2.31. The summed E-state index contributed by atoms with van der Waals surface area (Å²) >= 11 is 5.99. The van der Waals surface area contributed by atoms with Gasteiger partial charge in [-0.05, 0) is 44.2 Å². The Morgan fingerprint density at radius 2 is 2.05 bits per heavy atom. The predicted molar refractivity (Wildman–Crippen MR) is 78.5 cm³/mol. The van der Waals surface area contributed by atoms with Crippen LogP contribution in [0, 0.1) is 5.92 Å². The number of nitrogens with zero attached hydrogens (tertiary/aromatic N) is 3. The van der Waals surface area contributed by atoms with Crippen LogP contribution < -0.4 is 0 Å². The zero-order valence-corrected chi connectivity index (χ0v) is 12.4. The molecule has 1 aromatic heterocycles. The molecule has 2 fully saturated rings. The molecule has 1 aliphatic carbocycles. The molecule has 3 nitrogen and oxygen atoms in total. The molecule has 0 N–H and O–H groups in total. The van der Waals surface area contributed by atoms with Gasteiger partial charge in [-0.25, -0.2) is 0 Å². The van der Waals surface area contributed by atoms with Crippen molar-refractivity contribution in [3.05, 3.63) is 18.0 Å². The van der Waals surface area contributed by atoms with Gasteiger partial charge < -0.3 is 0 Å². The molecule has 1 unspecified atom stereocenters. The van der Waals surface area contributed by atoms with Crippen LogP contribution in [0.15, 0.2) is 12.3 Å². The number of alkyl halides is 1. The second-order valence-corrected chi connectivity index (χ2v) is 6.43. The molecule has 0 radical (unpaired) electrons. The Labute approximate surface area is 120 Å². The molecular formula is C15H24ClN3. The van der Waals surface area contributed by atoms with Gasteiger partial charge in [0.05, 0.1) is 11.7 Å². The van der Waals surface area contributed by atoms with E-state index >= 15 is 0 Å². The summed E-state index contributed by atoms with van der Waals surface area (Å²) in [5.41, 5.74) is 1.22. The summed E-state index contributed by atoms with van der Waals surface area (Å²) in [6.45, 7) is 3.33. The van der Waals surface area contributed by atoms with E-state index in [2.05, 4.69) is 21.8 Å². The first-order valence-electron chi connectivity index (χ1n) is 7.67. The Bertz CT molecular complexity index is 398. The molecule has 1 saturated carbocycles. The zero-order chi connectivity index (χ0) is 13.1. The number of piperidine rings is 1. The van der Waals surface area contributed by atoms with Crippen molar-refractivity contribution in [2.45, 2.75) is 51.1 Å². The molecule has 2 aliphatic rings. The highest BCUT2D eigenvalue weighted by molar-refractivity contribution is 6.18. The average molecular weight is 282 g/mol. The smallest absolute Gasteiger partial charge is 0.0764 e. The van der Waals surface area contributed by atoms with E-state index in [0.29, 0.717) is 12.0 Å². The predicted octanol–water partition coefficient (Wildman–Crippen LogP) is 3.45. The number of hydrogen-bond donors (Lipinski definition) is 0. The van der Waals surface area contributed by atoms with Gasteiger partial charge in [-0.2, -0.15) is 5.10 Å². The maximum atomic E-state index is 5.99. The largest absolute Gasteiger partial charge is 0.297 e. The molecule has 1 aliphatic heterocycles. The Morgan fingerprint density at radius 1 is 1.21 bits per heavy atom. The molecule has 19 heavy (non-hydrogen) atoms. The number of aromatic nitrogens is 2. The lowest BCUT2D eigenvalue weighted by molar-refractivity contribution is 0.175. The molecular weight excluding hydrogens is 258 g/mol. The fourth-order valence-corrected chi connectivity index (χ4v) is 3.74. The van der Waals surface area contributed by atoms with Crippen molar-refractivity contribution in [2.75, 3.05) is 19.0 Å². The molecule has 1 saturated heterocycles. The van der Waals surface area contributed by atoms with E-state index in [1.165, 1.54) is 50.8 Å². The zero-order valence-electron chi connectivity index (χ0n) is 11.6. The van der Waals surface area contributed by atoms with Crippen LogP contribution in [0.4, 0.5) is 0 Å². The molecule has 1 aromatic rings. The van der Waals surface area contributed by atoms with E-state index in [0.717, 1.165) is 19.0 Å². The summed E-state index contributed by atoms with van der Waals surface area (Å²) in [4.78, 5) is 2.51. The van der Waals surface area contributed by atoms with E-state index in [-0.39, 0.29) is 0 Å². The minimum Gasteiger partial charge on any atom is -0.297 e. The second kappa shape index (κ2) is 6.27. The third-order valence-electron chi connectivity index (χ3n) is 4.57. The summed E-state index contributed by atoms with van der Waals surface area (Å²) in [7, 11) is 0. The molecule has 0 amide bonds. The van der Waals surface area contributed by atoms with Gasteiger partial charge in [-0.3, -0.25) is 9.58 Å². The maximum absolute atomic E-state index is 5.99. The minimum absolute atomic E-state index is 0.658. The van der Waals surface area contributed by atoms with Crippen molar-refractivity contribution in [1.82, 2.24) is 14.7 Å². The first-order chi connectivity index (χ1) is 9.35. The summed E-state index contributed by atoms with van der Waals surface area (Å²) < 4.78 is 2.20. The van der Waals surface area contributed by atoms with Gasteiger partial charge in [-0.15, -0.1) is 11.6 Å². The fraction of sp³-hybridized carbons (Fsp3) is 0.800. The summed E-state index contributed by atoms with van der Waals surface area (Å²) in [5.74, 6) is 1.47. The number of halogens is 1. The van der Waals surface area contributed by atoms with Crippen LogP contribution in [0.2, 0.25) is 0 Å². The van der Waals surface area contributed by atoms with E-state index in [1.54, 1.807) is 0 Å². The van der Waals surface area contributed by atoms with Crippen LogP contribution in [-0.4, -0.2) is 33.6 Å². The van der Waals surface area contributed by atoms with Crippen LogP contribution in [0.1, 0.15) is 50.3 Å². The van der Waals surface area contributed by atoms with E-state index < -0.39 is 0 Å². The minimum atomic E-state index is 0.658. The van der Waals surface area contributed by atoms with Gasteiger partial charge in [0, 0.05) is 25.2 Å². The van der Waals surface area contributed by atoms with Crippen molar-refractivity contribution < 1.29 is 0 Å². The molecule has 4 heteroatoms. The second-order valence-electron chi connectivity index (χ2n) is 6.12. The molecule has 0 bridgehead atoms. The third-order valence-corrected chi connectivity index (χ3v) is 5.01. The molecule has 106 valence electrons. The van der Waals surface area contributed by atoms with E-state index in [4.69, 9.17) is 16.7 Å². The van der Waals surface area contributed by atoms with Gasteiger partial charge in [0.1, 0.15) is 0 Å². The van der Waals surface area contributed by atoms with Crippen LogP contribution in [0.25, 0.3) is 0 Å². The highest BCUT2D eigenvalue weighted by Crippen LogP contribution is 2.29. The van der Waals surface area contributed by atoms with Crippen LogP contribution in [0.3, 0.4) is 0 Å². The number of rotatable bonds is 4. The standard InChI is InChI=1S/C15H24ClN3/c16-10-13-4-3-8-18(11-13)12-14-7-9-19(17-14)15-5-1-2-6-15/h7,9,13,15H,1-6,8,10-12H2. The summed E-state index contributed by atoms with van der Waals surface area (Å²) in [6.07, 6.45) is 10.1. The van der Waals surface area contributed by atoms with Crippen LogP contribution in [-0.2, 0) is 6.54 Å². The quantitative estimate of drug-likeness (QED) is 0.788. The highest BCUT2D eigenvalue weighted by Gasteiger charge is 2.21. The first kappa shape index (κ1) is 13.4. The van der Waals surface area contributed by atoms with Gasteiger partial charge in [-0.1, -0.05) is 12.8 Å². The SMILES string of the molecule is ClCC1CCCN(Cc2ccn(C3CCCC3)n2)C1. The van der Waals surface area contributed by atoms with Crippen molar-refractivity contribution in [3.8, 4) is 0 Å². The lowest BCUT2D eigenvalue weighted by Crippen LogP contribution is -2.35. The molecule has 0 aromatic carbocycles. The maximum Gasteiger partial charge on any atom is 0.0764 e. The van der Waals surface area contributed by atoms with Crippen molar-refractivity contribution in [1.29, 1.82) is 0 Å². The van der Waals surface area contributed by atoms with Crippen LogP contribution in [0.5, 0.6) is 0 Å². The topological polar surface area (TPSA) is 21.1 Å². The summed E-state index contributed by atoms with van der Waals surface area (Å²) in [6, 6.07) is 2.86. The Hall–Kier alpha value is -0.540. The lowest BCUT2D eigenvalue weighted by atomic mass is 10.00. The Morgan fingerprint density at radius 3 is 2.84 bits per heavy atom. The number of likely N-dealkylation sites (tertiary alicyclic amines) is 1. The third kappa shape index (κ3) is 3.32. The molecule has 0 spiro atoms. The molecule has 3 rings (SSSR count). The van der Waals surface area contributed by atoms with E-state index in [9.17, 15) is 0 Å². The normalized spacial score (nSPS) is 26.1. The average Bonchev–Trinajstić information content (AvgIpc) is 3.09. The monoisotopic (exact) mass is 281 g/mol. The summed E-state index contributed by atoms with van der Waals surface area (Å²) in [5, 5.41) is 4.78.